The molecule has 0 saturated carbocycles. The third kappa shape index (κ3) is 3.46. The molecule has 1 amide bonds. The summed E-state index contributed by atoms with van der Waals surface area (Å²) < 4.78 is 13.5. The Morgan fingerprint density at radius 1 is 1.32 bits per heavy atom. The quantitative estimate of drug-likeness (QED) is 0.534. The van der Waals surface area contributed by atoms with Gasteiger partial charge in [-0.15, -0.1) is 0 Å². The number of aromatic amines is 1. The first-order chi connectivity index (χ1) is 11.8. The van der Waals surface area contributed by atoms with Gasteiger partial charge in [0.2, 0.25) is 5.91 Å². The van der Waals surface area contributed by atoms with Gasteiger partial charge in [0.25, 0.3) is 5.69 Å². The number of carbonyl (C=O) groups excluding carboxylic acids is 1. The van der Waals surface area contributed by atoms with Gasteiger partial charge in [0.15, 0.2) is 0 Å². The molecule has 0 spiro atoms. The normalized spacial score (nSPS) is 10.8. The van der Waals surface area contributed by atoms with E-state index in [-0.39, 0.29) is 34.5 Å². The van der Waals surface area contributed by atoms with Crippen molar-refractivity contribution >= 4 is 39.8 Å². The molecule has 0 saturated heterocycles. The Bertz CT molecular complexity index is 1000. The van der Waals surface area contributed by atoms with Crippen molar-refractivity contribution in [3.63, 3.8) is 0 Å². The van der Waals surface area contributed by atoms with Crippen LogP contribution in [-0.4, -0.2) is 15.8 Å². The topological polar surface area (TPSA) is 88.0 Å². The summed E-state index contributed by atoms with van der Waals surface area (Å²) >= 11 is 5.75. The van der Waals surface area contributed by atoms with Gasteiger partial charge in [0.05, 0.1) is 11.3 Å². The summed E-state index contributed by atoms with van der Waals surface area (Å²) in [6, 6.07) is 8.35. The second-order valence-electron chi connectivity index (χ2n) is 5.57. The number of nitrogens with one attached hydrogen (secondary N) is 2. The molecule has 25 heavy (non-hydrogen) atoms. The van der Waals surface area contributed by atoms with E-state index in [1.807, 2.05) is 0 Å². The number of halogens is 2. The summed E-state index contributed by atoms with van der Waals surface area (Å²) in [5, 5.41) is 14.1. The van der Waals surface area contributed by atoms with Crippen molar-refractivity contribution in [1.82, 2.24) is 4.98 Å². The number of aromatic nitrogens is 1. The minimum Gasteiger partial charge on any atom is -0.358 e. The van der Waals surface area contributed by atoms with Crippen LogP contribution in [0.4, 0.5) is 15.8 Å². The highest BCUT2D eigenvalue weighted by molar-refractivity contribution is 6.32. The summed E-state index contributed by atoms with van der Waals surface area (Å²) in [6.45, 7) is 1.80. The first kappa shape index (κ1) is 16.9. The zero-order chi connectivity index (χ0) is 18.1. The molecule has 0 aliphatic heterocycles. The molecule has 0 fully saturated rings. The van der Waals surface area contributed by atoms with E-state index in [9.17, 15) is 19.3 Å². The second-order valence-corrected chi connectivity index (χ2v) is 5.97. The van der Waals surface area contributed by atoms with Crippen LogP contribution in [0.2, 0.25) is 5.02 Å². The van der Waals surface area contributed by atoms with Crippen molar-refractivity contribution in [3.05, 3.63) is 68.6 Å². The number of nitro benzene ring substituents is 1. The van der Waals surface area contributed by atoms with Crippen molar-refractivity contribution in [2.24, 2.45) is 0 Å². The lowest BCUT2D eigenvalue weighted by atomic mass is 10.1. The van der Waals surface area contributed by atoms with Gasteiger partial charge in [-0.3, -0.25) is 14.9 Å². The molecule has 2 N–H and O–H groups in total. The maximum atomic E-state index is 13.5. The lowest BCUT2D eigenvalue weighted by Crippen LogP contribution is -2.15. The number of fused-ring (bicyclic) bond motifs is 1. The maximum Gasteiger partial charge on any atom is 0.289 e. The number of hydrogen-bond donors (Lipinski definition) is 2. The number of hydrogen-bond acceptors (Lipinski definition) is 3. The molecule has 0 aliphatic rings. The van der Waals surface area contributed by atoms with Crippen LogP contribution in [-0.2, 0) is 11.2 Å². The Hall–Kier alpha value is -2.93. The minimum absolute atomic E-state index is 0.00567. The van der Waals surface area contributed by atoms with E-state index in [1.54, 1.807) is 13.0 Å². The predicted octanol–water partition coefficient (Wildman–Crippen LogP) is 4.36. The van der Waals surface area contributed by atoms with Gasteiger partial charge in [-0.25, -0.2) is 4.39 Å². The van der Waals surface area contributed by atoms with Crippen molar-refractivity contribution in [3.8, 4) is 0 Å². The van der Waals surface area contributed by atoms with Crippen molar-refractivity contribution in [2.45, 2.75) is 13.3 Å². The van der Waals surface area contributed by atoms with Crippen LogP contribution in [0.3, 0.4) is 0 Å². The fraction of sp³-hybridized carbons (Fsp3) is 0.118. The fourth-order valence-electron chi connectivity index (χ4n) is 2.68. The number of anilines is 1. The van der Waals surface area contributed by atoms with Crippen LogP contribution in [0.5, 0.6) is 0 Å². The van der Waals surface area contributed by atoms with Gasteiger partial charge in [0, 0.05) is 28.4 Å². The highest BCUT2D eigenvalue weighted by Gasteiger charge is 2.16. The molecule has 0 aliphatic carbocycles. The molecule has 2 aromatic carbocycles. The second kappa shape index (κ2) is 6.52. The van der Waals surface area contributed by atoms with Crippen LogP contribution in [0.15, 0.2) is 36.4 Å². The Balaban J connectivity index is 1.84. The van der Waals surface area contributed by atoms with E-state index in [0.717, 1.165) is 11.2 Å². The van der Waals surface area contributed by atoms with Gasteiger partial charge in [-0.05, 0) is 42.8 Å². The van der Waals surface area contributed by atoms with Crippen molar-refractivity contribution < 1.29 is 14.1 Å². The number of nitro groups is 1. The first-order valence-electron chi connectivity index (χ1n) is 7.35. The van der Waals surface area contributed by atoms with Gasteiger partial charge < -0.3 is 10.3 Å². The highest BCUT2D eigenvalue weighted by Crippen LogP contribution is 2.28. The average molecular weight is 362 g/mol. The van der Waals surface area contributed by atoms with E-state index in [0.29, 0.717) is 10.9 Å². The lowest BCUT2D eigenvalue weighted by Gasteiger charge is -2.06. The summed E-state index contributed by atoms with van der Waals surface area (Å²) in [5.74, 6) is -0.758. The number of H-pyrrole nitrogens is 1. The van der Waals surface area contributed by atoms with Crippen LogP contribution in [0.25, 0.3) is 10.9 Å². The van der Waals surface area contributed by atoms with Crippen LogP contribution < -0.4 is 5.32 Å². The van der Waals surface area contributed by atoms with Crippen LogP contribution in [0, 0.1) is 22.9 Å². The summed E-state index contributed by atoms with van der Waals surface area (Å²) in [4.78, 5) is 25.7. The molecule has 8 heteroatoms. The molecule has 128 valence electrons. The lowest BCUT2D eigenvalue weighted by molar-refractivity contribution is -0.384. The predicted molar refractivity (Wildman–Crippen MR) is 93.4 cm³/mol. The fourth-order valence-corrected chi connectivity index (χ4v) is 2.87. The SMILES string of the molecule is Cc1[nH]c2ccc(F)cc2c1CC(=O)Nc1ccc(Cl)c([N+](=O)[O-])c1. The van der Waals surface area contributed by atoms with Gasteiger partial charge in [0.1, 0.15) is 10.8 Å². The van der Waals surface area contributed by atoms with Crippen molar-refractivity contribution in [2.75, 3.05) is 5.32 Å². The highest BCUT2D eigenvalue weighted by atomic mass is 35.5. The molecule has 0 unspecified atom stereocenters. The molecular weight excluding hydrogens is 349 g/mol. The van der Waals surface area contributed by atoms with E-state index in [2.05, 4.69) is 10.3 Å². The van der Waals surface area contributed by atoms with E-state index < -0.39 is 4.92 Å². The first-order valence-corrected chi connectivity index (χ1v) is 7.73. The zero-order valence-corrected chi connectivity index (χ0v) is 13.9. The molecule has 0 bridgehead atoms. The number of nitrogens with zero attached hydrogens (tertiary/aromatic N) is 1. The average Bonchev–Trinajstić information content (AvgIpc) is 2.84. The molecule has 0 atom stereocenters. The van der Waals surface area contributed by atoms with E-state index in [1.165, 1.54) is 30.3 Å². The van der Waals surface area contributed by atoms with Gasteiger partial charge in [-0.1, -0.05) is 11.6 Å². The molecular formula is C17H13ClFN3O3. The number of benzene rings is 2. The van der Waals surface area contributed by atoms with E-state index >= 15 is 0 Å². The monoisotopic (exact) mass is 361 g/mol. The number of amides is 1. The third-order valence-corrected chi connectivity index (χ3v) is 4.17. The largest absolute Gasteiger partial charge is 0.358 e. The smallest absolute Gasteiger partial charge is 0.289 e. The van der Waals surface area contributed by atoms with Crippen molar-refractivity contribution in [1.29, 1.82) is 0 Å². The van der Waals surface area contributed by atoms with E-state index in [4.69, 9.17) is 11.6 Å². The minimum atomic E-state index is -0.620. The van der Waals surface area contributed by atoms with Gasteiger partial charge >= 0.3 is 0 Å². The number of carbonyl (C=O) groups is 1. The summed E-state index contributed by atoms with van der Waals surface area (Å²) in [7, 11) is 0. The molecule has 0 radical (unpaired) electrons. The van der Waals surface area contributed by atoms with Crippen LogP contribution in [0.1, 0.15) is 11.3 Å². The summed E-state index contributed by atoms with van der Waals surface area (Å²) in [5.41, 5.74) is 2.16. The Morgan fingerprint density at radius 2 is 2.08 bits per heavy atom. The maximum absolute atomic E-state index is 13.5. The van der Waals surface area contributed by atoms with Gasteiger partial charge in [-0.2, -0.15) is 0 Å². The summed E-state index contributed by atoms with van der Waals surface area (Å²) in [6.07, 6.45) is 0.00567. The standard InChI is InChI=1S/C17H13ClFN3O3/c1-9-12(13-6-10(19)2-5-15(13)20-9)8-17(23)21-11-3-4-14(18)16(7-11)22(24)25/h2-7,20H,8H2,1H3,(H,21,23). The third-order valence-electron chi connectivity index (χ3n) is 3.85. The Morgan fingerprint density at radius 3 is 2.80 bits per heavy atom. The molecule has 3 aromatic rings. The Kier molecular flexibility index (Phi) is 4.41. The zero-order valence-electron chi connectivity index (χ0n) is 13.1. The molecule has 1 heterocycles. The molecule has 3 rings (SSSR count). The molecule has 6 nitrogen and oxygen atoms in total. The number of rotatable bonds is 4. The molecule has 1 aromatic heterocycles. The Labute approximate surface area is 146 Å². The number of aryl methyl sites for hydroxylation is 1. The van der Waals surface area contributed by atoms with Crippen LogP contribution >= 0.6 is 11.6 Å².